The second kappa shape index (κ2) is 8.21. The zero-order valence-corrected chi connectivity index (χ0v) is 13.3. The van der Waals surface area contributed by atoms with Crippen LogP contribution in [0.15, 0.2) is 10.4 Å². The van der Waals surface area contributed by atoms with Crippen LogP contribution in [0, 0.1) is 0 Å². The summed E-state index contributed by atoms with van der Waals surface area (Å²) in [5.41, 5.74) is -0.845. The van der Waals surface area contributed by atoms with E-state index >= 15 is 0 Å². The van der Waals surface area contributed by atoms with Crippen LogP contribution in [-0.4, -0.2) is 36.0 Å². The van der Waals surface area contributed by atoms with Gasteiger partial charge in [0.1, 0.15) is 5.01 Å². The molecule has 0 atom stereocenters. The fraction of sp³-hybridized carbons (Fsp3) is 0.692. The Morgan fingerprint density at radius 2 is 2.14 bits per heavy atom. The van der Waals surface area contributed by atoms with Gasteiger partial charge in [0, 0.05) is 25.5 Å². The molecule has 4 nitrogen and oxygen atoms in total. The summed E-state index contributed by atoms with van der Waals surface area (Å²) in [7, 11) is 1.92. The Labute approximate surface area is 127 Å². The molecule has 0 saturated carbocycles. The first kappa shape index (κ1) is 17.7. The van der Waals surface area contributed by atoms with Gasteiger partial charge < -0.3 is 10.2 Å². The van der Waals surface area contributed by atoms with E-state index in [1.807, 2.05) is 18.9 Å². The van der Waals surface area contributed by atoms with Crippen molar-refractivity contribution in [2.45, 2.75) is 39.4 Å². The molecule has 120 valence electrons. The highest BCUT2D eigenvalue weighted by Gasteiger charge is 2.33. The van der Waals surface area contributed by atoms with Crippen molar-refractivity contribution >= 4 is 17.3 Å². The number of unbranched alkanes of at least 4 members (excludes halogenated alkanes) is 1. The van der Waals surface area contributed by atoms with Crippen molar-refractivity contribution in [2.24, 2.45) is 4.99 Å². The molecule has 0 fully saturated rings. The lowest BCUT2D eigenvalue weighted by Gasteiger charge is -2.21. The molecule has 8 heteroatoms. The molecule has 1 aromatic rings. The van der Waals surface area contributed by atoms with Gasteiger partial charge in [0.2, 0.25) is 0 Å². The highest BCUT2D eigenvalue weighted by Crippen LogP contribution is 2.30. The lowest BCUT2D eigenvalue weighted by molar-refractivity contribution is -0.140. The number of guanidine groups is 1. The van der Waals surface area contributed by atoms with Crippen molar-refractivity contribution in [3.05, 3.63) is 16.1 Å². The normalized spacial score (nSPS) is 12.6. The maximum atomic E-state index is 12.5. The molecule has 0 radical (unpaired) electrons. The number of rotatable bonds is 6. The number of alkyl halides is 3. The molecule has 1 N–H and O–H groups in total. The molecule has 1 aromatic heterocycles. The van der Waals surface area contributed by atoms with Crippen LogP contribution in [0.3, 0.4) is 0 Å². The van der Waals surface area contributed by atoms with Crippen LogP contribution < -0.4 is 5.32 Å². The molecule has 0 aromatic carbocycles. The third-order valence-electron chi connectivity index (χ3n) is 2.75. The highest BCUT2D eigenvalue weighted by molar-refractivity contribution is 7.09. The predicted octanol–water partition coefficient (Wildman–Crippen LogP) is 3.36. The Morgan fingerprint density at radius 3 is 2.67 bits per heavy atom. The molecule has 0 spiro atoms. The Morgan fingerprint density at radius 1 is 1.43 bits per heavy atom. The van der Waals surface area contributed by atoms with Crippen LogP contribution in [0.25, 0.3) is 0 Å². The molecule has 0 amide bonds. The summed E-state index contributed by atoms with van der Waals surface area (Å²) in [5.74, 6) is 0.690. The van der Waals surface area contributed by atoms with Crippen molar-refractivity contribution in [2.75, 3.05) is 20.1 Å². The van der Waals surface area contributed by atoms with Gasteiger partial charge in [-0.15, -0.1) is 11.3 Å². The van der Waals surface area contributed by atoms with E-state index < -0.39 is 11.9 Å². The molecule has 0 unspecified atom stereocenters. The summed E-state index contributed by atoms with van der Waals surface area (Å²) in [6, 6.07) is 0. The minimum atomic E-state index is -4.39. The van der Waals surface area contributed by atoms with Gasteiger partial charge in [-0.3, -0.25) is 0 Å². The second-order valence-corrected chi connectivity index (χ2v) is 5.51. The van der Waals surface area contributed by atoms with Crippen LogP contribution in [0.2, 0.25) is 0 Å². The lowest BCUT2D eigenvalue weighted by atomic mass is 10.3. The minimum Gasteiger partial charge on any atom is -0.357 e. The van der Waals surface area contributed by atoms with Crippen molar-refractivity contribution in [3.63, 3.8) is 0 Å². The molecule has 21 heavy (non-hydrogen) atoms. The van der Waals surface area contributed by atoms with Gasteiger partial charge >= 0.3 is 6.18 Å². The average Bonchev–Trinajstić information content (AvgIpc) is 2.89. The smallest absolute Gasteiger partial charge is 0.357 e. The number of hydrogen-bond acceptors (Lipinski definition) is 3. The fourth-order valence-corrected chi connectivity index (χ4v) is 2.35. The van der Waals surface area contributed by atoms with Crippen LogP contribution in [-0.2, 0) is 12.7 Å². The third-order valence-corrected chi connectivity index (χ3v) is 3.58. The van der Waals surface area contributed by atoms with Gasteiger partial charge in [0.05, 0.1) is 6.54 Å². The van der Waals surface area contributed by atoms with Crippen molar-refractivity contribution in [1.29, 1.82) is 0 Å². The van der Waals surface area contributed by atoms with Gasteiger partial charge in [0.25, 0.3) is 0 Å². The Balaban J connectivity index is 2.71. The van der Waals surface area contributed by atoms with Gasteiger partial charge in [-0.05, 0) is 13.3 Å². The second-order valence-electron chi connectivity index (χ2n) is 4.57. The van der Waals surface area contributed by atoms with Gasteiger partial charge in [-0.2, -0.15) is 13.2 Å². The zero-order valence-electron chi connectivity index (χ0n) is 12.5. The maximum Gasteiger partial charge on any atom is 0.434 e. The highest BCUT2D eigenvalue weighted by atomic mass is 32.1. The van der Waals surface area contributed by atoms with E-state index in [1.54, 1.807) is 0 Å². The summed E-state index contributed by atoms with van der Waals surface area (Å²) >= 11 is 0.982. The molecule has 0 saturated heterocycles. The van der Waals surface area contributed by atoms with Crippen molar-refractivity contribution < 1.29 is 13.2 Å². The largest absolute Gasteiger partial charge is 0.434 e. The van der Waals surface area contributed by atoms with Crippen LogP contribution in [0.5, 0.6) is 0 Å². The monoisotopic (exact) mass is 322 g/mol. The number of hydrogen-bond donors (Lipinski definition) is 1. The average molecular weight is 322 g/mol. The summed E-state index contributed by atoms with van der Waals surface area (Å²) in [5, 5.41) is 4.52. The number of nitrogens with zero attached hydrogens (tertiary/aromatic N) is 3. The molecule has 1 heterocycles. The van der Waals surface area contributed by atoms with Crippen LogP contribution >= 0.6 is 11.3 Å². The number of aromatic nitrogens is 1. The molecule has 0 bridgehead atoms. The number of thiazole rings is 1. The summed E-state index contributed by atoms with van der Waals surface area (Å²) in [6.07, 6.45) is -2.28. The van der Waals surface area contributed by atoms with Gasteiger partial charge in [-0.1, -0.05) is 13.3 Å². The third kappa shape index (κ3) is 5.91. The Bertz CT molecular complexity index is 457. The maximum absolute atomic E-state index is 12.5. The standard InChI is InChI=1S/C13H21F3N4S/c1-4-6-7-20(3)12(17-5-2)18-8-11-19-10(9-21-11)13(14,15)16/h9H,4-8H2,1-3H3,(H,17,18). The van der Waals surface area contributed by atoms with E-state index in [-0.39, 0.29) is 6.54 Å². The van der Waals surface area contributed by atoms with Crippen LogP contribution in [0.1, 0.15) is 37.4 Å². The predicted molar refractivity (Wildman–Crippen MR) is 79.5 cm³/mol. The zero-order chi connectivity index (χ0) is 15.9. The first-order valence-corrected chi connectivity index (χ1v) is 7.77. The SMILES string of the molecule is CCCCN(C)C(=NCc1nc(C(F)(F)F)cs1)NCC. The molecular weight excluding hydrogens is 301 g/mol. The van der Waals surface area contributed by atoms with E-state index in [1.165, 1.54) is 0 Å². The lowest BCUT2D eigenvalue weighted by Crippen LogP contribution is -2.39. The summed E-state index contributed by atoms with van der Waals surface area (Å²) in [6.45, 7) is 5.77. The first-order chi connectivity index (χ1) is 9.88. The quantitative estimate of drug-likeness (QED) is 0.645. The molecule has 0 aliphatic heterocycles. The molecule has 0 aliphatic carbocycles. The molecular formula is C13H21F3N4S. The topological polar surface area (TPSA) is 40.5 Å². The van der Waals surface area contributed by atoms with Crippen LogP contribution in [0.4, 0.5) is 13.2 Å². The first-order valence-electron chi connectivity index (χ1n) is 6.89. The van der Waals surface area contributed by atoms with E-state index in [4.69, 9.17) is 0 Å². The number of aliphatic imine (C=N–C) groups is 1. The molecule has 1 rings (SSSR count). The molecule has 0 aliphatic rings. The minimum absolute atomic E-state index is 0.152. The van der Waals surface area contributed by atoms with E-state index in [0.29, 0.717) is 17.5 Å². The van der Waals surface area contributed by atoms with Gasteiger partial charge in [0.15, 0.2) is 11.7 Å². The number of halogens is 3. The Hall–Kier alpha value is -1.31. The summed E-state index contributed by atoms with van der Waals surface area (Å²) < 4.78 is 37.4. The fourth-order valence-electron chi connectivity index (χ4n) is 1.63. The van der Waals surface area contributed by atoms with Gasteiger partial charge in [-0.25, -0.2) is 9.98 Å². The van der Waals surface area contributed by atoms with E-state index in [2.05, 4.69) is 22.2 Å². The van der Waals surface area contributed by atoms with Crippen molar-refractivity contribution in [3.8, 4) is 0 Å². The van der Waals surface area contributed by atoms with E-state index in [0.717, 1.165) is 36.1 Å². The Kier molecular flexibility index (Phi) is 6.94. The summed E-state index contributed by atoms with van der Waals surface area (Å²) in [4.78, 5) is 9.90. The number of nitrogens with one attached hydrogen (secondary N) is 1. The van der Waals surface area contributed by atoms with Crippen molar-refractivity contribution in [1.82, 2.24) is 15.2 Å². The van der Waals surface area contributed by atoms with E-state index in [9.17, 15) is 13.2 Å².